The highest BCUT2D eigenvalue weighted by Crippen LogP contribution is 2.29. The van der Waals surface area contributed by atoms with Crippen molar-refractivity contribution in [2.75, 3.05) is 16.8 Å². The molecule has 4 nitrogen and oxygen atoms in total. The normalized spacial score (nSPS) is 11.2. The molecule has 0 atom stereocenters. The molecule has 0 saturated carbocycles. The van der Waals surface area contributed by atoms with Crippen molar-refractivity contribution in [3.8, 4) is 0 Å². The predicted molar refractivity (Wildman–Crippen MR) is 103 cm³/mol. The van der Waals surface area contributed by atoms with Gasteiger partial charge in [-0.15, -0.1) is 0 Å². The maximum Gasteiger partial charge on any atom is 0.226 e. The standard InChI is InChI=1S/C21H24F2N2O2/c1-14(26)25(20-16(22)9-7-10-17(20)23)13-12-19(27)24-18-11-6-5-8-15(18)21(2,3)4/h5-11H,12-13H2,1-4H3,(H,24,27). The first kappa shape index (κ1) is 20.6. The second kappa shape index (κ2) is 8.29. The highest BCUT2D eigenvalue weighted by Gasteiger charge is 2.22. The molecule has 0 aliphatic rings. The van der Waals surface area contributed by atoms with E-state index in [0.29, 0.717) is 5.69 Å². The van der Waals surface area contributed by atoms with Gasteiger partial charge in [0.1, 0.15) is 17.3 Å². The molecule has 2 aromatic rings. The van der Waals surface area contributed by atoms with Crippen LogP contribution in [-0.4, -0.2) is 18.4 Å². The van der Waals surface area contributed by atoms with Crippen molar-refractivity contribution in [1.29, 1.82) is 0 Å². The fourth-order valence-corrected chi connectivity index (χ4v) is 2.85. The van der Waals surface area contributed by atoms with Gasteiger partial charge in [0.25, 0.3) is 0 Å². The Morgan fingerprint density at radius 1 is 1.00 bits per heavy atom. The minimum absolute atomic E-state index is 0.0914. The number of hydrogen-bond acceptors (Lipinski definition) is 2. The third-order valence-electron chi connectivity index (χ3n) is 4.16. The van der Waals surface area contributed by atoms with E-state index in [4.69, 9.17) is 0 Å². The number of para-hydroxylation sites is 2. The number of halogens is 2. The highest BCUT2D eigenvalue weighted by molar-refractivity contribution is 5.95. The van der Waals surface area contributed by atoms with E-state index in [9.17, 15) is 18.4 Å². The van der Waals surface area contributed by atoms with Crippen LogP contribution in [0.4, 0.5) is 20.2 Å². The van der Waals surface area contributed by atoms with E-state index in [0.717, 1.165) is 22.6 Å². The molecule has 1 N–H and O–H groups in total. The van der Waals surface area contributed by atoms with Crippen molar-refractivity contribution in [2.45, 2.75) is 39.5 Å². The van der Waals surface area contributed by atoms with E-state index in [1.165, 1.54) is 13.0 Å². The fraction of sp³-hybridized carbons (Fsp3) is 0.333. The van der Waals surface area contributed by atoms with Gasteiger partial charge in [-0.05, 0) is 29.2 Å². The van der Waals surface area contributed by atoms with Gasteiger partial charge in [-0.2, -0.15) is 0 Å². The Kier molecular flexibility index (Phi) is 6.31. The molecule has 0 fully saturated rings. The lowest BCUT2D eigenvalue weighted by Gasteiger charge is -2.24. The number of carbonyl (C=O) groups excluding carboxylic acids is 2. The molecule has 2 rings (SSSR count). The lowest BCUT2D eigenvalue weighted by molar-refractivity contribution is -0.117. The zero-order valence-corrected chi connectivity index (χ0v) is 16.0. The summed E-state index contributed by atoms with van der Waals surface area (Å²) in [4.78, 5) is 25.2. The molecule has 6 heteroatoms. The van der Waals surface area contributed by atoms with Crippen LogP contribution in [0.2, 0.25) is 0 Å². The smallest absolute Gasteiger partial charge is 0.226 e. The Labute approximate surface area is 158 Å². The number of nitrogens with one attached hydrogen (secondary N) is 1. The summed E-state index contributed by atoms with van der Waals surface area (Å²) in [6.45, 7) is 7.19. The zero-order chi connectivity index (χ0) is 20.2. The Hall–Kier alpha value is -2.76. The Morgan fingerprint density at radius 2 is 1.59 bits per heavy atom. The molecule has 2 aromatic carbocycles. The molecule has 0 heterocycles. The van der Waals surface area contributed by atoms with E-state index < -0.39 is 23.2 Å². The first-order valence-corrected chi connectivity index (χ1v) is 8.72. The number of anilines is 2. The molecular formula is C21H24F2N2O2. The topological polar surface area (TPSA) is 49.4 Å². The van der Waals surface area contributed by atoms with Gasteiger partial charge in [0.2, 0.25) is 11.8 Å². The zero-order valence-electron chi connectivity index (χ0n) is 16.0. The summed E-state index contributed by atoms with van der Waals surface area (Å²) in [6.07, 6.45) is -0.0914. The molecule has 0 spiro atoms. The molecule has 2 amide bonds. The Bertz CT molecular complexity index is 824. The second-order valence-corrected chi connectivity index (χ2v) is 7.33. The summed E-state index contributed by atoms with van der Waals surface area (Å²) in [5, 5.41) is 2.83. The number of benzene rings is 2. The maximum absolute atomic E-state index is 14.0. The number of nitrogens with zero attached hydrogens (tertiary/aromatic N) is 1. The SMILES string of the molecule is CC(=O)N(CCC(=O)Nc1ccccc1C(C)(C)C)c1c(F)cccc1F. The summed E-state index contributed by atoms with van der Waals surface area (Å²) in [5.74, 6) is -2.57. The van der Waals surface area contributed by atoms with Crippen molar-refractivity contribution in [3.63, 3.8) is 0 Å². The minimum atomic E-state index is -0.844. The van der Waals surface area contributed by atoms with Crippen LogP contribution in [0.15, 0.2) is 42.5 Å². The van der Waals surface area contributed by atoms with Gasteiger partial charge in [-0.3, -0.25) is 9.59 Å². The summed E-state index contributed by atoms with van der Waals surface area (Å²) in [5.41, 5.74) is 1.06. The summed E-state index contributed by atoms with van der Waals surface area (Å²) in [7, 11) is 0. The molecule has 0 aliphatic heterocycles. The Morgan fingerprint density at radius 3 is 2.15 bits per heavy atom. The van der Waals surface area contributed by atoms with Gasteiger partial charge in [0, 0.05) is 25.6 Å². The first-order chi connectivity index (χ1) is 12.6. The van der Waals surface area contributed by atoms with Gasteiger partial charge >= 0.3 is 0 Å². The van der Waals surface area contributed by atoms with Crippen LogP contribution in [0.1, 0.15) is 39.7 Å². The number of hydrogen-bond donors (Lipinski definition) is 1. The number of rotatable bonds is 5. The third kappa shape index (κ3) is 5.12. The minimum Gasteiger partial charge on any atom is -0.326 e. The van der Waals surface area contributed by atoms with Gasteiger partial charge in [-0.1, -0.05) is 45.0 Å². The molecule has 27 heavy (non-hydrogen) atoms. The average Bonchev–Trinajstić information content (AvgIpc) is 2.56. The second-order valence-electron chi connectivity index (χ2n) is 7.33. The van der Waals surface area contributed by atoms with E-state index in [-0.39, 0.29) is 24.3 Å². The summed E-state index contributed by atoms with van der Waals surface area (Å²) < 4.78 is 28.0. The molecule has 0 saturated heterocycles. The van der Waals surface area contributed by atoms with E-state index in [2.05, 4.69) is 5.32 Å². The highest BCUT2D eigenvalue weighted by atomic mass is 19.1. The average molecular weight is 374 g/mol. The lowest BCUT2D eigenvalue weighted by Crippen LogP contribution is -2.33. The van der Waals surface area contributed by atoms with Crippen LogP contribution >= 0.6 is 0 Å². The van der Waals surface area contributed by atoms with Gasteiger partial charge < -0.3 is 10.2 Å². The van der Waals surface area contributed by atoms with Gasteiger partial charge in [0.05, 0.1) is 0 Å². The molecule has 0 bridgehead atoms. The lowest BCUT2D eigenvalue weighted by atomic mass is 9.86. The third-order valence-corrected chi connectivity index (χ3v) is 4.16. The molecule has 144 valence electrons. The van der Waals surface area contributed by atoms with Crippen molar-refractivity contribution < 1.29 is 18.4 Å². The Balaban J connectivity index is 2.14. The van der Waals surface area contributed by atoms with E-state index in [1.807, 2.05) is 39.0 Å². The number of carbonyl (C=O) groups is 2. The van der Waals surface area contributed by atoms with Crippen LogP contribution in [0.3, 0.4) is 0 Å². The van der Waals surface area contributed by atoms with Crippen molar-refractivity contribution in [2.24, 2.45) is 0 Å². The monoisotopic (exact) mass is 374 g/mol. The van der Waals surface area contributed by atoms with Crippen LogP contribution in [0, 0.1) is 11.6 Å². The van der Waals surface area contributed by atoms with Crippen molar-refractivity contribution >= 4 is 23.2 Å². The van der Waals surface area contributed by atoms with Crippen LogP contribution in [-0.2, 0) is 15.0 Å². The van der Waals surface area contributed by atoms with Crippen molar-refractivity contribution in [1.82, 2.24) is 0 Å². The maximum atomic E-state index is 14.0. The van der Waals surface area contributed by atoms with Gasteiger partial charge in [0.15, 0.2) is 0 Å². The molecular weight excluding hydrogens is 350 g/mol. The predicted octanol–water partition coefficient (Wildman–Crippen LogP) is 4.64. The molecule has 0 aromatic heterocycles. The summed E-state index contributed by atoms with van der Waals surface area (Å²) >= 11 is 0. The fourth-order valence-electron chi connectivity index (χ4n) is 2.85. The molecule has 0 aliphatic carbocycles. The van der Waals surface area contributed by atoms with Gasteiger partial charge in [-0.25, -0.2) is 8.78 Å². The van der Waals surface area contributed by atoms with Crippen LogP contribution < -0.4 is 10.2 Å². The largest absolute Gasteiger partial charge is 0.326 e. The first-order valence-electron chi connectivity index (χ1n) is 8.72. The van der Waals surface area contributed by atoms with E-state index in [1.54, 1.807) is 6.07 Å². The number of amides is 2. The van der Waals surface area contributed by atoms with Crippen molar-refractivity contribution in [3.05, 3.63) is 59.7 Å². The van der Waals surface area contributed by atoms with E-state index >= 15 is 0 Å². The van der Waals surface area contributed by atoms with Crippen LogP contribution in [0.5, 0.6) is 0 Å². The summed E-state index contributed by atoms with van der Waals surface area (Å²) in [6, 6.07) is 10.8. The molecule has 0 radical (unpaired) electrons. The molecule has 0 unspecified atom stereocenters. The quantitative estimate of drug-likeness (QED) is 0.829. The van der Waals surface area contributed by atoms with Crippen LogP contribution in [0.25, 0.3) is 0 Å².